The van der Waals surface area contributed by atoms with Crippen LogP contribution in [0.2, 0.25) is 0 Å². The van der Waals surface area contributed by atoms with Crippen molar-refractivity contribution in [1.29, 1.82) is 0 Å². The van der Waals surface area contributed by atoms with Gasteiger partial charge in [0.05, 0.1) is 11.1 Å². The highest BCUT2D eigenvalue weighted by atomic mass is 16.3. The van der Waals surface area contributed by atoms with E-state index in [0.717, 1.165) is 44.5 Å². The molecule has 0 saturated heterocycles. The normalized spacial score (nSPS) is 17.6. The predicted molar refractivity (Wildman–Crippen MR) is 126 cm³/mol. The molecule has 0 amide bonds. The topological polar surface area (TPSA) is 65.2 Å². The monoisotopic (exact) mass is 406 g/mol. The molecule has 3 rings (SSSR count). The highest BCUT2D eigenvalue weighted by Crippen LogP contribution is 2.34. The van der Waals surface area contributed by atoms with Crippen molar-refractivity contribution >= 4 is 12.4 Å². The summed E-state index contributed by atoms with van der Waals surface area (Å²) in [5, 5.41) is 21.1. The van der Waals surface area contributed by atoms with Gasteiger partial charge < -0.3 is 10.2 Å². The van der Waals surface area contributed by atoms with E-state index in [4.69, 9.17) is 9.98 Å². The molecular weight excluding hydrogens is 372 g/mol. The van der Waals surface area contributed by atoms with Crippen LogP contribution in [0.1, 0.15) is 72.2 Å². The molecule has 0 aromatic heterocycles. The van der Waals surface area contributed by atoms with Crippen LogP contribution in [0, 0.1) is 27.7 Å². The molecule has 0 aliphatic carbocycles. The van der Waals surface area contributed by atoms with Crippen molar-refractivity contribution in [1.82, 2.24) is 0 Å². The second-order valence-corrected chi connectivity index (χ2v) is 9.96. The van der Waals surface area contributed by atoms with Gasteiger partial charge in [0.25, 0.3) is 0 Å². The zero-order valence-corrected chi connectivity index (χ0v) is 19.5. The van der Waals surface area contributed by atoms with E-state index in [1.165, 1.54) is 0 Å². The first-order valence-electron chi connectivity index (χ1n) is 10.6. The molecule has 1 aliphatic heterocycles. The first-order valence-corrected chi connectivity index (χ1v) is 10.6. The van der Waals surface area contributed by atoms with Gasteiger partial charge in [0.1, 0.15) is 11.5 Å². The molecule has 2 aromatic carbocycles. The lowest BCUT2D eigenvalue weighted by Gasteiger charge is -2.27. The van der Waals surface area contributed by atoms with E-state index in [1.807, 2.05) is 52.3 Å². The van der Waals surface area contributed by atoms with Gasteiger partial charge in [0.15, 0.2) is 0 Å². The fourth-order valence-corrected chi connectivity index (χ4v) is 4.23. The summed E-state index contributed by atoms with van der Waals surface area (Å²) in [7, 11) is 0. The summed E-state index contributed by atoms with van der Waals surface area (Å²) in [4.78, 5) is 9.90. The number of aryl methyl sites for hydroxylation is 2. The van der Waals surface area contributed by atoms with Gasteiger partial charge in [-0.2, -0.15) is 0 Å². The first-order chi connectivity index (χ1) is 13.8. The highest BCUT2D eigenvalue weighted by Gasteiger charge is 2.25. The summed E-state index contributed by atoms with van der Waals surface area (Å²) in [6.07, 6.45) is 5.27. The molecular formula is C26H34N2O2. The lowest BCUT2D eigenvalue weighted by Crippen LogP contribution is -2.25. The van der Waals surface area contributed by atoms with Crippen molar-refractivity contribution in [2.24, 2.45) is 9.98 Å². The Balaban J connectivity index is 2.26. The molecule has 0 radical (unpaired) electrons. The van der Waals surface area contributed by atoms with Gasteiger partial charge in [0.2, 0.25) is 0 Å². The van der Waals surface area contributed by atoms with Crippen LogP contribution in [-0.2, 0) is 12.8 Å². The van der Waals surface area contributed by atoms with E-state index in [-0.39, 0.29) is 11.1 Å². The summed E-state index contributed by atoms with van der Waals surface area (Å²) in [6, 6.07) is 4.02. The van der Waals surface area contributed by atoms with Crippen molar-refractivity contribution in [3.63, 3.8) is 0 Å². The zero-order chi connectivity index (χ0) is 22.4. The third kappa shape index (κ3) is 4.28. The Morgan fingerprint density at radius 3 is 1.33 bits per heavy atom. The van der Waals surface area contributed by atoms with Crippen molar-refractivity contribution < 1.29 is 10.2 Å². The molecule has 4 heteroatoms. The molecule has 1 aliphatic rings. The highest BCUT2D eigenvalue weighted by molar-refractivity contribution is 5.86. The van der Waals surface area contributed by atoms with Crippen LogP contribution < -0.4 is 0 Å². The molecule has 0 saturated carbocycles. The Labute approximate surface area is 180 Å². The van der Waals surface area contributed by atoms with Crippen LogP contribution in [-0.4, -0.2) is 33.7 Å². The Hall–Kier alpha value is -2.62. The fourth-order valence-electron chi connectivity index (χ4n) is 4.23. The van der Waals surface area contributed by atoms with E-state index in [9.17, 15) is 10.2 Å². The second kappa shape index (κ2) is 7.57. The summed E-state index contributed by atoms with van der Waals surface area (Å²) in [5.74, 6) is 0.695. The molecule has 4 nitrogen and oxygen atoms in total. The predicted octanol–water partition coefficient (Wildman–Crippen LogP) is 5.53. The average molecular weight is 407 g/mol. The quantitative estimate of drug-likeness (QED) is 0.604. The van der Waals surface area contributed by atoms with Gasteiger partial charge in [-0.25, -0.2) is 0 Å². The minimum Gasteiger partial charge on any atom is -0.507 e. The van der Waals surface area contributed by atoms with E-state index in [1.54, 1.807) is 0 Å². The smallest absolute Gasteiger partial charge is 0.121 e. The third-order valence-electron chi connectivity index (χ3n) is 6.13. The van der Waals surface area contributed by atoms with Gasteiger partial charge in [-0.3, -0.25) is 9.98 Å². The van der Waals surface area contributed by atoms with E-state index in [2.05, 4.69) is 27.7 Å². The number of hydrogen-bond acceptors (Lipinski definition) is 4. The number of benzene rings is 2. The van der Waals surface area contributed by atoms with E-state index < -0.39 is 0 Å². The SMILES string of the molecule is Cc1cc2c(c(C)c1O)CC(C)(C)N=Cc1cc(C)c(O)c(C)c1CC(C)(C)N=C2. The molecule has 1 heterocycles. The number of hydrogen-bond donors (Lipinski definition) is 2. The van der Waals surface area contributed by atoms with Crippen LogP contribution in [0.4, 0.5) is 0 Å². The van der Waals surface area contributed by atoms with E-state index in [0.29, 0.717) is 24.3 Å². The number of fused-ring (bicyclic) bond motifs is 2. The van der Waals surface area contributed by atoms with Crippen molar-refractivity contribution in [2.75, 3.05) is 0 Å². The number of aromatic hydroxyl groups is 2. The van der Waals surface area contributed by atoms with Crippen LogP contribution in [0.3, 0.4) is 0 Å². The summed E-state index contributed by atoms with van der Waals surface area (Å²) >= 11 is 0. The maximum atomic E-state index is 10.5. The maximum absolute atomic E-state index is 10.5. The Morgan fingerprint density at radius 1 is 0.667 bits per heavy atom. The third-order valence-corrected chi connectivity index (χ3v) is 6.13. The average Bonchev–Trinajstić information content (AvgIpc) is 2.65. The minimum atomic E-state index is -0.360. The van der Waals surface area contributed by atoms with Crippen LogP contribution in [0.5, 0.6) is 11.5 Å². The van der Waals surface area contributed by atoms with E-state index >= 15 is 0 Å². The van der Waals surface area contributed by atoms with Crippen molar-refractivity contribution in [2.45, 2.75) is 79.3 Å². The molecule has 2 aromatic rings. The number of aliphatic imine (C=N–C) groups is 2. The number of phenols is 2. The van der Waals surface area contributed by atoms with Crippen LogP contribution in [0.25, 0.3) is 0 Å². The van der Waals surface area contributed by atoms with Gasteiger partial charge >= 0.3 is 0 Å². The largest absolute Gasteiger partial charge is 0.507 e. The molecule has 30 heavy (non-hydrogen) atoms. The molecule has 0 atom stereocenters. The zero-order valence-electron chi connectivity index (χ0n) is 19.5. The molecule has 0 spiro atoms. The summed E-state index contributed by atoms with van der Waals surface area (Å²) in [6.45, 7) is 16.2. The van der Waals surface area contributed by atoms with Crippen LogP contribution in [0.15, 0.2) is 22.1 Å². The van der Waals surface area contributed by atoms with Gasteiger partial charge in [-0.1, -0.05) is 0 Å². The first kappa shape index (κ1) is 22.1. The summed E-state index contributed by atoms with van der Waals surface area (Å²) < 4.78 is 0. The van der Waals surface area contributed by atoms with Crippen molar-refractivity contribution in [3.05, 3.63) is 56.6 Å². The second-order valence-electron chi connectivity index (χ2n) is 9.96. The Bertz CT molecular complexity index is 974. The minimum absolute atomic E-state index is 0.348. The fraction of sp³-hybridized carbons (Fsp3) is 0.462. The Kier molecular flexibility index (Phi) is 5.57. The van der Waals surface area contributed by atoms with Crippen molar-refractivity contribution in [3.8, 4) is 11.5 Å². The van der Waals surface area contributed by atoms with Gasteiger partial charge in [-0.15, -0.1) is 0 Å². The lowest BCUT2D eigenvalue weighted by molar-refractivity contribution is 0.462. The standard InChI is InChI=1S/C26H34N2O2/c1-15-9-19-13-27-26(7,8)12-22-18(4)24(30)16(2)10-20(22)14-28-25(5,6)11-21(19)17(3)23(15)29/h9-10,13-14,29-30H,11-12H2,1-8H3. The van der Waals surface area contributed by atoms with Gasteiger partial charge in [-0.05, 0) is 125 Å². The maximum Gasteiger partial charge on any atom is 0.121 e. The number of rotatable bonds is 0. The summed E-state index contributed by atoms with van der Waals surface area (Å²) in [5.41, 5.74) is 7.00. The molecule has 160 valence electrons. The molecule has 2 N–H and O–H groups in total. The van der Waals surface area contributed by atoms with Crippen LogP contribution >= 0.6 is 0 Å². The Morgan fingerprint density at radius 2 is 1.00 bits per heavy atom. The number of phenolic OH excluding ortho intramolecular Hbond substituents is 2. The lowest BCUT2D eigenvalue weighted by atomic mass is 9.86. The van der Waals surface area contributed by atoms with Gasteiger partial charge in [0, 0.05) is 12.4 Å². The number of nitrogens with zero attached hydrogens (tertiary/aromatic N) is 2. The molecule has 0 unspecified atom stereocenters. The molecule has 0 bridgehead atoms. The molecule has 0 fully saturated rings.